The first-order valence-corrected chi connectivity index (χ1v) is 17.4. The van der Waals surface area contributed by atoms with Gasteiger partial charge < -0.3 is 33.9 Å². The Morgan fingerprint density at radius 3 is 1.90 bits per heavy atom. The second kappa shape index (κ2) is 15.9. The molecule has 2 unspecified atom stereocenters. The lowest BCUT2D eigenvalue weighted by Gasteiger charge is -2.46. The molecular weight excluding hydrogens is 729 g/mol. The van der Waals surface area contributed by atoms with Gasteiger partial charge in [0.25, 0.3) is 0 Å². The fourth-order valence-electron chi connectivity index (χ4n) is 6.23. The molecule has 5 rings (SSSR count). The van der Waals surface area contributed by atoms with Gasteiger partial charge >= 0.3 is 24.0 Å². The highest BCUT2D eigenvalue weighted by molar-refractivity contribution is 8.03. The van der Waals surface area contributed by atoms with Crippen LogP contribution >= 0.6 is 35.0 Å². The topological polar surface area (TPSA) is 169 Å². The van der Waals surface area contributed by atoms with Crippen LogP contribution in [0.25, 0.3) is 0 Å². The third-order valence-corrected chi connectivity index (χ3v) is 10.7. The maximum Gasteiger partial charge on any atom is 0.413 e. The molecule has 17 heteroatoms. The number of β-lactam (4-membered cyclic amide) rings is 1. The summed E-state index contributed by atoms with van der Waals surface area (Å²) in [4.78, 5) is 82.2. The van der Waals surface area contributed by atoms with Crippen LogP contribution in [-0.4, -0.2) is 113 Å². The first kappa shape index (κ1) is 37.9. The highest BCUT2D eigenvalue weighted by Crippen LogP contribution is 2.52. The fourth-order valence-corrected chi connectivity index (χ4v) is 8.00. The van der Waals surface area contributed by atoms with Crippen molar-refractivity contribution < 1.29 is 52.8 Å². The van der Waals surface area contributed by atoms with Crippen LogP contribution in [0.15, 0.2) is 59.1 Å². The van der Waals surface area contributed by atoms with E-state index in [9.17, 15) is 33.9 Å². The van der Waals surface area contributed by atoms with E-state index in [4.69, 9.17) is 42.1 Å². The number of carbonyl (C=O) groups is 6. The van der Waals surface area contributed by atoms with Gasteiger partial charge in [-0.2, -0.15) is 0 Å². The van der Waals surface area contributed by atoms with Gasteiger partial charge in [-0.3, -0.25) is 14.5 Å². The number of aliphatic hydroxyl groups excluding tert-OH is 1. The molecule has 272 valence electrons. The molecule has 2 aromatic carbocycles. The summed E-state index contributed by atoms with van der Waals surface area (Å²) in [6.45, 7) is 1.86. The number of esters is 3. The van der Waals surface area contributed by atoms with Crippen LogP contribution in [0, 0.1) is 11.8 Å². The molecule has 0 spiro atoms. The lowest BCUT2D eigenvalue weighted by molar-refractivity contribution is -0.166. The monoisotopic (exact) mass is 763 g/mol. The van der Waals surface area contributed by atoms with Gasteiger partial charge in [-0.25, -0.2) is 19.2 Å². The predicted molar refractivity (Wildman–Crippen MR) is 183 cm³/mol. The summed E-state index contributed by atoms with van der Waals surface area (Å²) in [7, 11) is 3.09. The number of amides is 3. The fraction of sp³-hybridized carbons (Fsp3) is 0.412. The molecule has 3 heterocycles. The van der Waals surface area contributed by atoms with Gasteiger partial charge in [0.15, 0.2) is 0 Å². The zero-order chi connectivity index (χ0) is 37.1. The first-order valence-electron chi connectivity index (χ1n) is 15.8. The maximum atomic E-state index is 13.5. The summed E-state index contributed by atoms with van der Waals surface area (Å²) in [5.41, 5.74) is 0.319. The number of likely N-dealkylation sites (N-methyl/N-ethyl adjacent to an activating group) is 1. The Bertz CT molecular complexity index is 1740. The largest absolute Gasteiger partial charge is 0.424 e. The molecule has 2 saturated heterocycles. The smallest absolute Gasteiger partial charge is 0.413 e. The third-order valence-electron chi connectivity index (χ3n) is 8.73. The molecule has 2 fully saturated rings. The molecule has 2 aromatic rings. The van der Waals surface area contributed by atoms with Crippen LogP contribution in [-0.2, 0) is 33.3 Å². The van der Waals surface area contributed by atoms with E-state index in [1.807, 2.05) is 0 Å². The molecule has 0 aliphatic carbocycles. The molecular formula is C34H35Cl2N3O11S. The standard InChI is InChI=1S/C34H35Cl2N3O11S/c1-17-26-25(18(2)40)30(42)39(26)27(33(45)49-15-47-31(43)19-5-9-21(35)10-6-19)28(17)51-23-13-24(29(41)37(3)4)38(14-23)34(46)50-16-48-32(44)20-7-11-22(36)12-8-20/h5-12,17-18,23-26,40H,13-16H2,1-4H3/t17-,18?,23+,24?,25-,26-/m1/s1. The second-order valence-corrected chi connectivity index (χ2v) is 14.5. The molecule has 3 amide bonds. The van der Waals surface area contributed by atoms with Crippen LogP contribution < -0.4 is 0 Å². The Labute approximate surface area is 307 Å². The molecule has 3 aliphatic heterocycles. The Morgan fingerprint density at radius 1 is 0.882 bits per heavy atom. The van der Waals surface area contributed by atoms with Crippen molar-refractivity contribution in [3.05, 3.63) is 80.3 Å². The van der Waals surface area contributed by atoms with Gasteiger partial charge in [0.05, 0.1) is 29.2 Å². The van der Waals surface area contributed by atoms with E-state index in [1.165, 1.54) is 81.9 Å². The van der Waals surface area contributed by atoms with Crippen LogP contribution in [0.2, 0.25) is 10.0 Å². The summed E-state index contributed by atoms with van der Waals surface area (Å²) >= 11 is 12.9. The van der Waals surface area contributed by atoms with Crippen molar-refractivity contribution in [2.24, 2.45) is 11.8 Å². The summed E-state index contributed by atoms with van der Waals surface area (Å²) in [6, 6.07) is 10.3. The molecule has 0 bridgehead atoms. The number of hydrogen-bond donors (Lipinski definition) is 1. The lowest BCUT2D eigenvalue weighted by Crippen LogP contribution is -2.63. The second-order valence-electron chi connectivity index (χ2n) is 12.3. The van der Waals surface area contributed by atoms with Crippen molar-refractivity contribution in [2.45, 2.75) is 43.7 Å². The van der Waals surface area contributed by atoms with Crippen LogP contribution in [0.3, 0.4) is 0 Å². The Kier molecular flexibility index (Phi) is 11.8. The number of nitrogens with zero attached hydrogens (tertiary/aromatic N) is 3. The summed E-state index contributed by atoms with van der Waals surface area (Å²) < 4.78 is 20.7. The zero-order valence-electron chi connectivity index (χ0n) is 27.9. The Balaban J connectivity index is 1.30. The summed E-state index contributed by atoms with van der Waals surface area (Å²) in [5.74, 6) is -4.47. The molecule has 0 radical (unpaired) electrons. The number of halogens is 2. The van der Waals surface area contributed by atoms with Gasteiger partial charge in [-0.15, -0.1) is 11.8 Å². The molecule has 14 nitrogen and oxygen atoms in total. The minimum absolute atomic E-state index is 0.00851. The number of carbonyl (C=O) groups excluding carboxylic acids is 6. The molecule has 3 aliphatic rings. The van der Waals surface area contributed by atoms with Gasteiger partial charge in [0.2, 0.25) is 25.4 Å². The molecule has 0 saturated carbocycles. The van der Waals surface area contributed by atoms with E-state index < -0.39 is 78.8 Å². The highest BCUT2D eigenvalue weighted by Gasteiger charge is 2.60. The molecule has 51 heavy (non-hydrogen) atoms. The molecule has 6 atom stereocenters. The highest BCUT2D eigenvalue weighted by atomic mass is 35.5. The maximum absolute atomic E-state index is 13.5. The number of benzene rings is 2. The van der Waals surface area contributed by atoms with E-state index in [2.05, 4.69) is 0 Å². The third kappa shape index (κ3) is 8.11. The number of fused-ring (bicyclic) bond motifs is 1. The summed E-state index contributed by atoms with van der Waals surface area (Å²) in [6.07, 6.45) is -1.72. The van der Waals surface area contributed by atoms with Crippen LogP contribution in [0.1, 0.15) is 41.0 Å². The predicted octanol–water partition coefficient (Wildman–Crippen LogP) is 3.94. The Morgan fingerprint density at radius 2 is 1.39 bits per heavy atom. The van der Waals surface area contributed by atoms with Crippen molar-refractivity contribution in [1.82, 2.24) is 14.7 Å². The molecule has 0 aromatic heterocycles. The number of thioether (sulfide) groups is 1. The van der Waals surface area contributed by atoms with E-state index in [0.717, 1.165) is 0 Å². The SMILES string of the molecule is CC(O)[C@H]1C(=O)N2C(C(=O)OCOC(=O)c3ccc(Cl)cc3)=C(S[C@H]3CC(C(=O)N(C)C)N(C(=O)OCOC(=O)c4ccc(Cl)cc4)C3)[C@H](C)[C@H]12. The number of aliphatic hydroxyl groups is 1. The minimum Gasteiger partial charge on any atom is -0.424 e. The van der Waals surface area contributed by atoms with Crippen molar-refractivity contribution in [1.29, 1.82) is 0 Å². The van der Waals surface area contributed by atoms with Crippen LogP contribution in [0.4, 0.5) is 4.79 Å². The van der Waals surface area contributed by atoms with Crippen molar-refractivity contribution in [2.75, 3.05) is 34.2 Å². The van der Waals surface area contributed by atoms with E-state index in [0.29, 0.717) is 15.0 Å². The van der Waals surface area contributed by atoms with Gasteiger partial charge in [-0.05, 0) is 61.9 Å². The Hall–Kier alpha value is -4.31. The van der Waals surface area contributed by atoms with E-state index >= 15 is 0 Å². The lowest BCUT2D eigenvalue weighted by atomic mass is 9.79. The number of likely N-dealkylation sites (tertiary alicyclic amines) is 1. The van der Waals surface area contributed by atoms with Crippen LogP contribution in [0.5, 0.6) is 0 Å². The van der Waals surface area contributed by atoms with Crippen molar-refractivity contribution >= 4 is 70.8 Å². The average Bonchev–Trinajstić information content (AvgIpc) is 3.61. The normalized spacial score (nSPS) is 22.9. The van der Waals surface area contributed by atoms with E-state index in [1.54, 1.807) is 21.0 Å². The molecule has 1 N–H and O–H groups in total. The van der Waals surface area contributed by atoms with Gasteiger partial charge in [0, 0.05) is 46.8 Å². The number of ether oxygens (including phenoxy) is 4. The average molecular weight is 765 g/mol. The van der Waals surface area contributed by atoms with Crippen molar-refractivity contribution in [3.63, 3.8) is 0 Å². The first-order chi connectivity index (χ1) is 24.2. The van der Waals surface area contributed by atoms with Gasteiger partial charge in [0.1, 0.15) is 11.7 Å². The number of rotatable bonds is 11. The quantitative estimate of drug-likeness (QED) is 0.199. The zero-order valence-corrected chi connectivity index (χ0v) is 30.3. The summed E-state index contributed by atoms with van der Waals surface area (Å²) in [5, 5.41) is 10.8. The van der Waals surface area contributed by atoms with E-state index in [-0.39, 0.29) is 35.7 Å². The van der Waals surface area contributed by atoms with Gasteiger partial charge in [-0.1, -0.05) is 30.1 Å². The van der Waals surface area contributed by atoms with Crippen molar-refractivity contribution in [3.8, 4) is 0 Å². The minimum atomic E-state index is -0.990. The number of hydrogen-bond acceptors (Lipinski definition) is 12.